The van der Waals surface area contributed by atoms with E-state index in [1.54, 1.807) is 24.3 Å². The average molecular weight is 453 g/mol. The van der Waals surface area contributed by atoms with Gasteiger partial charge in [-0.25, -0.2) is 4.79 Å². The minimum absolute atomic E-state index is 0.386. The van der Waals surface area contributed by atoms with Gasteiger partial charge in [-0.3, -0.25) is 0 Å². The molecule has 2 rings (SSSR count). The summed E-state index contributed by atoms with van der Waals surface area (Å²) in [6, 6.07) is 14.3. The topological polar surface area (TPSA) is 44.8 Å². The Labute approximate surface area is 200 Å². The molecule has 0 aromatic heterocycles. The smallest absolute Gasteiger partial charge is 0.343 e. The second-order valence-corrected chi connectivity index (χ2v) is 8.58. The monoisotopic (exact) mass is 452 g/mol. The SMILES string of the molecule is C=CCCCCCCCOc1ccc(OC(=O)c2ccc(OCCC[C@@H](C)CC)cc2)cc1. The number of benzene rings is 2. The Morgan fingerprint density at radius 2 is 1.36 bits per heavy atom. The normalized spacial score (nSPS) is 11.6. The number of unbranched alkanes of at least 4 members (excludes halogenated alkanes) is 5. The molecule has 4 nitrogen and oxygen atoms in total. The van der Waals surface area contributed by atoms with Gasteiger partial charge in [-0.15, -0.1) is 6.58 Å². The summed E-state index contributed by atoms with van der Waals surface area (Å²) in [6.07, 6.45) is 12.4. The number of carbonyl (C=O) groups is 1. The molecular weight excluding hydrogens is 412 g/mol. The third-order valence-corrected chi connectivity index (χ3v) is 5.75. The third kappa shape index (κ3) is 11.1. The maximum atomic E-state index is 12.4. The fourth-order valence-electron chi connectivity index (χ4n) is 3.39. The first-order valence-electron chi connectivity index (χ1n) is 12.4. The number of hydrogen-bond donors (Lipinski definition) is 0. The summed E-state index contributed by atoms with van der Waals surface area (Å²) in [5.74, 6) is 2.41. The molecule has 2 aromatic carbocycles. The lowest BCUT2D eigenvalue weighted by atomic mass is 10.0. The van der Waals surface area contributed by atoms with E-state index in [1.165, 1.54) is 38.5 Å². The highest BCUT2D eigenvalue weighted by molar-refractivity contribution is 5.91. The highest BCUT2D eigenvalue weighted by Gasteiger charge is 2.09. The summed E-state index contributed by atoms with van der Waals surface area (Å²) in [7, 11) is 0. The van der Waals surface area contributed by atoms with E-state index >= 15 is 0 Å². The van der Waals surface area contributed by atoms with Gasteiger partial charge in [-0.1, -0.05) is 45.6 Å². The van der Waals surface area contributed by atoms with Crippen LogP contribution in [0.25, 0.3) is 0 Å². The second-order valence-electron chi connectivity index (χ2n) is 8.58. The van der Waals surface area contributed by atoms with Crippen LogP contribution in [0.3, 0.4) is 0 Å². The van der Waals surface area contributed by atoms with E-state index in [0.717, 1.165) is 36.7 Å². The standard InChI is InChI=1S/C29H40O4/c1-4-6-7-8-9-10-11-22-31-27-18-20-28(21-19-27)33-29(30)25-14-16-26(17-15-25)32-23-12-13-24(3)5-2/h4,14-21,24H,1,5-13,22-23H2,2-3H3/t24-/m0/s1. The summed E-state index contributed by atoms with van der Waals surface area (Å²) in [5, 5.41) is 0. The van der Waals surface area contributed by atoms with E-state index in [2.05, 4.69) is 20.4 Å². The molecule has 0 unspecified atom stereocenters. The average Bonchev–Trinajstić information content (AvgIpc) is 2.84. The molecule has 33 heavy (non-hydrogen) atoms. The minimum atomic E-state index is -0.386. The lowest BCUT2D eigenvalue weighted by molar-refractivity contribution is 0.0734. The first kappa shape index (κ1) is 26.5. The van der Waals surface area contributed by atoms with Crippen LogP contribution in [0.15, 0.2) is 61.2 Å². The molecule has 0 spiro atoms. The van der Waals surface area contributed by atoms with E-state index in [9.17, 15) is 4.79 Å². The fourth-order valence-corrected chi connectivity index (χ4v) is 3.39. The summed E-state index contributed by atoms with van der Waals surface area (Å²) in [4.78, 5) is 12.4. The Hall–Kier alpha value is -2.75. The first-order chi connectivity index (χ1) is 16.1. The third-order valence-electron chi connectivity index (χ3n) is 5.75. The van der Waals surface area contributed by atoms with Crippen LogP contribution in [0.4, 0.5) is 0 Å². The van der Waals surface area contributed by atoms with Crippen LogP contribution in [-0.2, 0) is 0 Å². The van der Waals surface area contributed by atoms with Crippen LogP contribution in [0.5, 0.6) is 17.2 Å². The summed E-state index contributed by atoms with van der Waals surface area (Å²) in [5.41, 5.74) is 0.496. The van der Waals surface area contributed by atoms with Gasteiger partial charge >= 0.3 is 5.97 Å². The molecule has 0 saturated carbocycles. The van der Waals surface area contributed by atoms with Gasteiger partial charge < -0.3 is 14.2 Å². The molecule has 0 heterocycles. The van der Waals surface area contributed by atoms with Crippen molar-refractivity contribution in [3.05, 3.63) is 66.7 Å². The van der Waals surface area contributed by atoms with E-state index in [0.29, 0.717) is 24.5 Å². The van der Waals surface area contributed by atoms with E-state index in [-0.39, 0.29) is 5.97 Å². The van der Waals surface area contributed by atoms with E-state index in [4.69, 9.17) is 14.2 Å². The maximum absolute atomic E-state index is 12.4. The summed E-state index contributed by atoms with van der Waals surface area (Å²) >= 11 is 0. The molecule has 0 amide bonds. The molecule has 0 aliphatic rings. The van der Waals surface area contributed by atoms with Gasteiger partial charge in [0.15, 0.2) is 0 Å². The van der Waals surface area contributed by atoms with Crippen LogP contribution in [0.1, 0.15) is 82.0 Å². The molecule has 0 radical (unpaired) electrons. The summed E-state index contributed by atoms with van der Waals surface area (Å²) in [6.45, 7) is 9.61. The highest BCUT2D eigenvalue weighted by Crippen LogP contribution is 2.20. The predicted molar refractivity (Wildman–Crippen MR) is 135 cm³/mol. The number of rotatable bonds is 17. The number of allylic oxidation sites excluding steroid dienone is 1. The van der Waals surface area contributed by atoms with Gasteiger partial charge in [0.25, 0.3) is 0 Å². The van der Waals surface area contributed by atoms with Crippen LogP contribution in [0, 0.1) is 5.92 Å². The Bertz CT molecular complexity index is 795. The zero-order valence-corrected chi connectivity index (χ0v) is 20.4. The van der Waals surface area contributed by atoms with Crippen LogP contribution >= 0.6 is 0 Å². The molecule has 0 saturated heterocycles. The Morgan fingerprint density at radius 3 is 2.00 bits per heavy atom. The van der Waals surface area contributed by atoms with Crippen molar-refractivity contribution in [1.82, 2.24) is 0 Å². The Balaban J connectivity index is 1.67. The first-order valence-corrected chi connectivity index (χ1v) is 12.4. The Kier molecular flexibility index (Phi) is 12.8. The van der Waals surface area contributed by atoms with Crippen molar-refractivity contribution in [1.29, 1.82) is 0 Å². The van der Waals surface area contributed by atoms with Gasteiger partial charge in [0.05, 0.1) is 18.8 Å². The lowest BCUT2D eigenvalue weighted by Gasteiger charge is -2.10. The lowest BCUT2D eigenvalue weighted by Crippen LogP contribution is -2.08. The zero-order chi connectivity index (χ0) is 23.7. The summed E-state index contributed by atoms with van der Waals surface area (Å²) < 4.78 is 17.0. The minimum Gasteiger partial charge on any atom is -0.494 e. The molecule has 0 aliphatic heterocycles. The van der Waals surface area contributed by atoms with Crippen LogP contribution in [0.2, 0.25) is 0 Å². The molecular formula is C29H40O4. The van der Waals surface area contributed by atoms with Crippen molar-refractivity contribution in [2.24, 2.45) is 5.92 Å². The quantitative estimate of drug-likeness (QED) is 0.105. The Morgan fingerprint density at radius 1 is 0.818 bits per heavy atom. The molecule has 0 bridgehead atoms. The number of hydrogen-bond acceptors (Lipinski definition) is 4. The van der Waals surface area contributed by atoms with Crippen molar-refractivity contribution in [2.75, 3.05) is 13.2 Å². The van der Waals surface area contributed by atoms with Crippen molar-refractivity contribution in [2.45, 2.75) is 71.6 Å². The highest BCUT2D eigenvalue weighted by atomic mass is 16.5. The van der Waals surface area contributed by atoms with Crippen molar-refractivity contribution >= 4 is 5.97 Å². The fraction of sp³-hybridized carbons (Fsp3) is 0.483. The molecule has 1 atom stereocenters. The van der Waals surface area contributed by atoms with E-state index < -0.39 is 0 Å². The van der Waals surface area contributed by atoms with Gasteiger partial charge in [0.1, 0.15) is 17.2 Å². The van der Waals surface area contributed by atoms with Crippen molar-refractivity contribution < 1.29 is 19.0 Å². The second kappa shape index (κ2) is 16.0. The van der Waals surface area contributed by atoms with Gasteiger partial charge in [0, 0.05) is 0 Å². The molecule has 0 fully saturated rings. The van der Waals surface area contributed by atoms with Crippen molar-refractivity contribution in [3.8, 4) is 17.2 Å². The van der Waals surface area contributed by atoms with Crippen molar-refractivity contribution in [3.63, 3.8) is 0 Å². The molecule has 4 heteroatoms. The molecule has 0 aliphatic carbocycles. The maximum Gasteiger partial charge on any atom is 0.343 e. The number of carbonyl (C=O) groups excluding carboxylic acids is 1. The molecule has 0 N–H and O–H groups in total. The van der Waals surface area contributed by atoms with Gasteiger partial charge in [-0.05, 0) is 86.6 Å². The number of esters is 1. The zero-order valence-electron chi connectivity index (χ0n) is 20.4. The predicted octanol–water partition coefficient (Wildman–Crippen LogP) is 8.02. The van der Waals surface area contributed by atoms with Gasteiger partial charge in [-0.2, -0.15) is 0 Å². The number of ether oxygens (including phenoxy) is 3. The molecule has 2 aromatic rings. The van der Waals surface area contributed by atoms with Crippen LogP contribution < -0.4 is 14.2 Å². The van der Waals surface area contributed by atoms with E-state index in [1.807, 2.05) is 30.3 Å². The largest absolute Gasteiger partial charge is 0.494 e. The van der Waals surface area contributed by atoms with Crippen LogP contribution in [-0.4, -0.2) is 19.2 Å². The van der Waals surface area contributed by atoms with Gasteiger partial charge in [0.2, 0.25) is 0 Å². The molecule has 180 valence electrons.